The van der Waals surface area contributed by atoms with Crippen LogP contribution in [0.3, 0.4) is 0 Å². The van der Waals surface area contributed by atoms with E-state index in [0.717, 1.165) is 37.6 Å². The Morgan fingerprint density at radius 3 is 1.85 bits per heavy atom. The molecule has 0 saturated carbocycles. The van der Waals surface area contributed by atoms with Crippen LogP contribution in [0.25, 0.3) is 0 Å². The van der Waals surface area contributed by atoms with Gasteiger partial charge in [-0.05, 0) is 62.5 Å². The summed E-state index contributed by atoms with van der Waals surface area (Å²) in [5.41, 5.74) is -0.392. The zero-order valence-electron chi connectivity index (χ0n) is 19.9. The number of ether oxygens (including phenoxy) is 1. The van der Waals surface area contributed by atoms with Crippen LogP contribution in [0.4, 0.5) is 0 Å². The van der Waals surface area contributed by atoms with Gasteiger partial charge in [0.1, 0.15) is 0 Å². The molecule has 0 aliphatic rings. The number of rotatable bonds is 14. The highest BCUT2D eigenvalue weighted by atomic mass is 28.4. The Morgan fingerprint density at radius 1 is 0.963 bits per heavy atom. The van der Waals surface area contributed by atoms with Gasteiger partial charge in [-0.3, -0.25) is 0 Å². The molecule has 0 unspecified atom stereocenters. The molecule has 27 heavy (non-hydrogen) atoms. The third kappa shape index (κ3) is 7.90. The van der Waals surface area contributed by atoms with Crippen molar-refractivity contribution in [1.82, 2.24) is 0 Å². The molecular formula is C21H48O4Si2. The zero-order valence-corrected chi connectivity index (χ0v) is 21.9. The number of hydrogen-bond donors (Lipinski definition) is 1. The third-order valence-electron chi connectivity index (χ3n) is 6.95. The quantitative estimate of drug-likeness (QED) is 0.278. The summed E-state index contributed by atoms with van der Waals surface area (Å²) < 4.78 is 19.1. The Morgan fingerprint density at radius 2 is 1.48 bits per heavy atom. The van der Waals surface area contributed by atoms with Crippen molar-refractivity contribution in [1.29, 1.82) is 0 Å². The molecule has 0 rings (SSSR count). The molecule has 1 N–H and O–H groups in total. The average molecular weight is 421 g/mol. The van der Waals surface area contributed by atoms with Crippen LogP contribution in [0, 0.1) is 0 Å². The molecule has 0 radical (unpaired) electrons. The molecule has 4 nitrogen and oxygen atoms in total. The second-order valence-corrected chi connectivity index (χ2v) is 19.1. The lowest BCUT2D eigenvalue weighted by atomic mass is 9.91. The minimum atomic E-state index is -1.76. The SMILES string of the molecule is CC[Si](CC)(CC)O[C@H](CCO)[C@@](C)(CCCO[Si](C)(C)C(C)(C)C)OC. The molecule has 0 aromatic heterocycles. The Bertz CT molecular complexity index is 397. The van der Waals surface area contributed by atoms with E-state index in [-0.39, 0.29) is 17.7 Å². The van der Waals surface area contributed by atoms with Gasteiger partial charge in [-0.1, -0.05) is 41.5 Å². The molecule has 0 aliphatic heterocycles. The Balaban J connectivity index is 5.06. The van der Waals surface area contributed by atoms with E-state index in [9.17, 15) is 5.11 Å². The predicted octanol–water partition coefficient (Wildman–Crippen LogP) is 5.97. The van der Waals surface area contributed by atoms with E-state index < -0.39 is 22.2 Å². The summed E-state index contributed by atoms with van der Waals surface area (Å²) in [6.45, 7) is 21.2. The number of aliphatic hydroxyl groups excluding tert-OH is 1. The van der Waals surface area contributed by atoms with Gasteiger partial charge in [-0.2, -0.15) is 0 Å². The molecule has 6 heteroatoms. The molecular weight excluding hydrogens is 372 g/mol. The van der Waals surface area contributed by atoms with Gasteiger partial charge in [0.25, 0.3) is 0 Å². The van der Waals surface area contributed by atoms with Crippen molar-refractivity contribution in [2.45, 2.75) is 116 Å². The first-order valence-electron chi connectivity index (χ1n) is 10.8. The largest absolute Gasteiger partial charge is 0.417 e. The fourth-order valence-electron chi connectivity index (χ4n) is 3.27. The third-order valence-corrected chi connectivity index (χ3v) is 16.1. The number of aliphatic hydroxyl groups is 1. The number of methoxy groups -OCH3 is 1. The van der Waals surface area contributed by atoms with Crippen molar-refractivity contribution >= 4 is 16.6 Å². The molecule has 0 saturated heterocycles. The maximum Gasteiger partial charge on any atom is 0.192 e. The molecule has 0 spiro atoms. The molecule has 0 aromatic rings. The lowest BCUT2D eigenvalue weighted by Gasteiger charge is -2.42. The summed E-state index contributed by atoms with van der Waals surface area (Å²) in [4.78, 5) is 0. The van der Waals surface area contributed by atoms with Gasteiger partial charge >= 0.3 is 0 Å². The fourth-order valence-corrected chi connectivity index (χ4v) is 7.33. The van der Waals surface area contributed by atoms with Gasteiger partial charge < -0.3 is 18.7 Å². The molecule has 0 aromatic carbocycles. The highest BCUT2D eigenvalue weighted by Crippen LogP contribution is 2.37. The average Bonchev–Trinajstić information content (AvgIpc) is 2.61. The van der Waals surface area contributed by atoms with Crippen LogP contribution in [0.5, 0.6) is 0 Å². The molecule has 0 aliphatic carbocycles. The Kier molecular flexibility index (Phi) is 11.6. The minimum absolute atomic E-state index is 0.0631. The van der Waals surface area contributed by atoms with Crippen LogP contribution in [0.2, 0.25) is 36.3 Å². The fraction of sp³-hybridized carbons (Fsp3) is 1.00. The lowest BCUT2D eigenvalue weighted by molar-refractivity contribution is -0.0966. The van der Waals surface area contributed by atoms with E-state index in [1.54, 1.807) is 7.11 Å². The van der Waals surface area contributed by atoms with Crippen molar-refractivity contribution in [2.75, 3.05) is 20.3 Å². The van der Waals surface area contributed by atoms with E-state index in [1.165, 1.54) is 0 Å². The first kappa shape index (κ1) is 27.3. The van der Waals surface area contributed by atoms with Gasteiger partial charge in [0.2, 0.25) is 0 Å². The van der Waals surface area contributed by atoms with Crippen LogP contribution in [0.1, 0.15) is 67.7 Å². The van der Waals surface area contributed by atoms with Crippen molar-refractivity contribution in [3.05, 3.63) is 0 Å². The molecule has 2 atom stereocenters. The standard InChI is InChI=1S/C21H48O4Si2/c1-11-27(12-2,13-3)25-19(15-17-22)21(7,23-8)16-14-18-24-26(9,10)20(4,5)6/h19,22H,11-18H2,1-10H3/t19-,21-/m1/s1. The van der Waals surface area contributed by atoms with E-state index in [2.05, 4.69) is 61.6 Å². The van der Waals surface area contributed by atoms with Crippen LogP contribution in [0.15, 0.2) is 0 Å². The smallest absolute Gasteiger partial charge is 0.192 e. The van der Waals surface area contributed by atoms with E-state index in [4.69, 9.17) is 13.6 Å². The van der Waals surface area contributed by atoms with Crippen LogP contribution in [-0.4, -0.2) is 53.8 Å². The van der Waals surface area contributed by atoms with Crippen molar-refractivity contribution < 1.29 is 18.7 Å². The molecule has 0 heterocycles. The van der Waals surface area contributed by atoms with Crippen molar-refractivity contribution in [2.24, 2.45) is 0 Å². The van der Waals surface area contributed by atoms with Gasteiger partial charge in [0.05, 0.1) is 11.7 Å². The lowest BCUT2D eigenvalue weighted by Crippen LogP contribution is -2.51. The first-order valence-corrected chi connectivity index (χ1v) is 16.3. The normalized spacial score (nSPS) is 17.0. The zero-order chi connectivity index (χ0) is 21.4. The minimum Gasteiger partial charge on any atom is -0.417 e. The Hall–Kier alpha value is 0.274. The molecule has 164 valence electrons. The Labute approximate surface area is 171 Å². The first-order chi connectivity index (χ1) is 12.4. The monoisotopic (exact) mass is 420 g/mol. The van der Waals surface area contributed by atoms with E-state index in [1.807, 2.05) is 0 Å². The molecule has 0 bridgehead atoms. The van der Waals surface area contributed by atoms with Gasteiger partial charge in [0, 0.05) is 20.3 Å². The van der Waals surface area contributed by atoms with Gasteiger partial charge in [-0.15, -0.1) is 0 Å². The summed E-state index contributed by atoms with van der Waals surface area (Å²) in [5.74, 6) is 0. The predicted molar refractivity (Wildman–Crippen MR) is 122 cm³/mol. The van der Waals surface area contributed by atoms with Crippen molar-refractivity contribution in [3.63, 3.8) is 0 Å². The van der Waals surface area contributed by atoms with Crippen LogP contribution >= 0.6 is 0 Å². The van der Waals surface area contributed by atoms with Gasteiger partial charge in [-0.25, -0.2) is 0 Å². The van der Waals surface area contributed by atoms with Gasteiger partial charge in [0.15, 0.2) is 16.6 Å². The second kappa shape index (κ2) is 11.5. The highest BCUT2D eigenvalue weighted by Gasteiger charge is 2.41. The van der Waals surface area contributed by atoms with E-state index in [0.29, 0.717) is 6.42 Å². The summed E-state index contributed by atoms with van der Waals surface area (Å²) in [7, 11) is -1.70. The maximum absolute atomic E-state index is 9.64. The second-order valence-electron chi connectivity index (χ2n) is 9.59. The maximum atomic E-state index is 9.64. The number of hydrogen-bond acceptors (Lipinski definition) is 4. The van der Waals surface area contributed by atoms with Crippen molar-refractivity contribution in [3.8, 4) is 0 Å². The summed E-state index contributed by atoms with van der Waals surface area (Å²) in [6, 6.07) is 3.32. The summed E-state index contributed by atoms with van der Waals surface area (Å²) in [6.07, 6.45) is 2.39. The van der Waals surface area contributed by atoms with Crippen LogP contribution in [-0.2, 0) is 13.6 Å². The highest BCUT2D eigenvalue weighted by molar-refractivity contribution is 6.74. The molecule has 0 amide bonds. The topological polar surface area (TPSA) is 47.9 Å². The summed E-state index contributed by atoms with van der Waals surface area (Å²) >= 11 is 0. The summed E-state index contributed by atoms with van der Waals surface area (Å²) in [5, 5.41) is 9.87. The molecule has 0 fully saturated rings. The van der Waals surface area contributed by atoms with Crippen LogP contribution < -0.4 is 0 Å². The van der Waals surface area contributed by atoms with E-state index >= 15 is 0 Å².